The first-order valence-corrected chi connectivity index (χ1v) is 5.15. The fourth-order valence-corrected chi connectivity index (χ4v) is 1.61. The van der Waals surface area contributed by atoms with Crippen molar-refractivity contribution in [3.63, 3.8) is 0 Å². The zero-order valence-corrected chi connectivity index (χ0v) is 9.68. The van der Waals surface area contributed by atoms with Crippen molar-refractivity contribution >= 4 is 15.9 Å². The Bertz CT molecular complexity index is 531. The summed E-state index contributed by atoms with van der Waals surface area (Å²) in [6.07, 6.45) is 3.34. The lowest BCUT2D eigenvalue weighted by molar-refractivity contribution is 0.675. The summed E-state index contributed by atoms with van der Waals surface area (Å²) in [5.74, 6) is 0.746. The monoisotopic (exact) mass is 268 g/mol. The molecular formula is C9H9BrN4O. The standard InChI is InChI=1S/C9H9BrN4O/c1-13-6-11-12-8(13)5-14-4-7(10)2-3-9(14)15/h2-4,6H,5H2,1H3. The highest BCUT2D eigenvalue weighted by Crippen LogP contribution is 2.05. The molecule has 0 aromatic carbocycles. The minimum absolute atomic E-state index is 0.0544. The SMILES string of the molecule is Cn1cnnc1Cn1cc(Br)ccc1=O. The highest BCUT2D eigenvalue weighted by molar-refractivity contribution is 9.10. The first kappa shape index (κ1) is 10.1. The van der Waals surface area contributed by atoms with E-state index in [0.717, 1.165) is 10.3 Å². The molecule has 2 aromatic heterocycles. The third-order valence-corrected chi connectivity index (χ3v) is 2.53. The predicted molar refractivity (Wildman–Crippen MR) is 58.5 cm³/mol. The molecule has 2 heterocycles. The van der Waals surface area contributed by atoms with Crippen LogP contribution in [0.4, 0.5) is 0 Å². The maximum atomic E-state index is 11.5. The van der Waals surface area contributed by atoms with Gasteiger partial charge in [-0.25, -0.2) is 0 Å². The number of hydrogen-bond acceptors (Lipinski definition) is 3. The maximum Gasteiger partial charge on any atom is 0.250 e. The van der Waals surface area contributed by atoms with E-state index in [4.69, 9.17) is 0 Å². The van der Waals surface area contributed by atoms with Gasteiger partial charge in [0.15, 0.2) is 5.82 Å². The average molecular weight is 269 g/mol. The van der Waals surface area contributed by atoms with Crippen LogP contribution in [0.3, 0.4) is 0 Å². The molecule has 0 bridgehead atoms. The third-order valence-electron chi connectivity index (χ3n) is 2.06. The maximum absolute atomic E-state index is 11.5. The molecule has 0 aliphatic rings. The molecule has 0 unspecified atom stereocenters. The van der Waals surface area contributed by atoms with Crippen LogP contribution in [0.25, 0.3) is 0 Å². The molecule has 2 aromatic rings. The molecular weight excluding hydrogens is 260 g/mol. The molecule has 0 amide bonds. The summed E-state index contributed by atoms with van der Waals surface area (Å²) >= 11 is 3.32. The first-order chi connectivity index (χ1) is 7.16. The van der Waals surface area contributed by atoms with Gasteiger partial charge in [0.25, 0.3) is 5.56 Å². The van der Waals surface area contributed by atoms with E-state index in [-0.39, 0.29) is 5.56 Å². The van der Waals surface area contributed by atoms with Gasteiger partial charge in [0.1, 0.15) is 6.33 Å². The Morgan fingerprint density at radius 3 is 2.93 bits per heavy atom. The number of hydrogen-bond donors (Lipinski definition) is 0. The van der Waals surface area contributed by atoms with Crippen molar-refractivity contribution < 1.29 is 0 Å². The summed E-state index contributed by atoms with van der Waals surface area (Å²) in [7, 11) is 1.85. The smallest absolute Gasteiger partial charge is 0.250 e. The minimum atomic E-state index is -0.0544. The van der Waals surface area contributed by atoms with Crippen molar-refractivity contribution in [1.82, 2.24) is 19.3 Å². The van der Waals surface area contributed by atoms with Gasteiger partial charge in [0.2, 0.25) is 0 Å². The molecule has 78 valence electrons. The molecule has 0 spiro atoms. The van der Waals surface area contributed by atoms with E-state index in [2.05, 4.69) is 26.1 Å². The Labute approximate surface area is 94.5 Å². The Morgan fingerprint density at radius 1 is 1.47 bits per heavy atom. The molecule has 0 atom stereocenters. The van der Waals surface area contributed by atoms with Crippen LogP contribution in [0.2, 0.25) is 0 Å². The van der Waals surface area contributed by atoms with Gasteiger partial charge in [-0.3, -0.25) is 4.79 Å². The van der Waals surface area contributed by atoms with Crippen molar-refractivity contribution in [3.05, 3.63) is 45.3 Å². The molecule has 15 heavy (non-hydrogen) atoms. The second-order valence-electron chi connectivity index (χ2n) is 3.17. The summed E-state index contributed by atoms with van der Waals surface area (Å²) in [5, 5.41) is 7.68. The molecule has 6 heteroatoms. The second kappa shape index (κ2) is 3.98. The quantitative estimate of drug-likeness (QED) is 0.809. The lowest BCUT2D eigenvalue weighted by atomic mass is 10.4. The lowest BCUT2D eigenvalue weighted by Crippen LogP contribution is -2.20. The number of pyridine rings is 1. The van der Waals surface area contributed by atoms with Crippen LogP contribution in [-0.2, 0) is 13.6 Å². The molecule has 0 aliphatic carbocycles. The number of rotatable bonds is 2. The van der Waals surface area contributed by atoms with Gasteiger partial charge in [-0.1, -0.05) is 0 Å². The number of nitrogens with zero attached hydrogens (tertiary/aromatic N) is 4. The van der Waals surface area contributed by atoms with Gasteiger partial charge in [0.05, 0.1) is 6.54 Å². The minimum Gasteiger partial charge on any atom is -0.319 e. The molecule has 2 rings (SSSR count). The number of halogens is 1. The zero-order chi connectivity index (χ0) is 10.8. The number of aryl methyl sites for hydroxylation is 1. The second-order valence-corrected chi connectivity index (χ2v) is 4.09. The van der Waals surface area contributed by atoms with Gasteiger partial charge in [-0.2, -0.15) is 0 Å². The Hall–Kier alpha value is -1.43. The summed E-state index contributed by atoms with van der Waals surface area (Å²) in [6.45, 7) is 0.425. The topological polar surface area (TPSA) is 52.7 Å². The van der Waals surface area contributed by atoms with Crippen LogP contribution in [0.15, 0.2) is 33.9 Å². The highest BCUT2D eigenvalue weighted by Gasteiger charge is 2.03. The lowest BCUT2D eigenvalue weighted by Gasteiger charge is -2.04. The molecule has 0 saturated heterocycles. The van der Waals surface area contributed by atoms with Crippen LogP contribution in [0, 0.1) is 0 Å². The first-order valence-electron chi connectivity index (χ1n) is 4.35. The fraction of sp³-hybridized carbons (Fsp3) is 0.222. The van der Waals surface area contributed by atoms with E-state index in [9.17, 15) is 4.79 Å². The van der Waals surface area contributed by atoms with E-state index < -0.39 is 0 Å². The van der Waals surface area contributed by atoms with Crippen molar-refractivity contribution in [2.45, 2.75) is 6.54 Å². The van der Waals surface area contributed by atoms with Crippen molar-refractivity contribution in [3.8, 4) is 0 Å². The van der Waals surface area contributed by atoms with E-state index in [1.54, 1.807) is 27.7 Å². The van der Waals surface area contributed by atoms with Crippen LogP contribution in [0.5, 0.6) is 0 Å². The van der Waals surface area contributed by atoms with Gasteiger partial charge in [-0.05, 0) is 22.0 Å². The molecule has 0 aliphatic heterocycles. The largest absolute Gasteiger partial charge is 0.319 e. The molecule has 0 radical (unpaired) electrons. The summed E-state index contributed by atoms with van der Waals surface area (Å²) < 4.78 is 4.23. The van der Waals surface area contributed by atoms with E-state index in [1.165, 1.54) is 6.07 Å². The van der Waals surface area contributed by atoms with Crippen LogP contribution < -0.4 is 5.56 Å². The molecule has 0 N–H and O–H groups in total. The van der Waals surface area contributed by atoms with Crippen LogP contribution >= 0.6 is 15.9 Å². The fourth-order valence-electron chi connectivity index (χ4n) is 1.23. The average Bonchev–Trinajstić information content (AvgIpc) is 2.58. The Kier molecular flexibility index (Phi) is 2.68. The van der Waals surface area contributed by atoms with E-state index in [0.29, 0.717) is 6.54 Å². The summed E-state index contributed by atoms with van der Waals surface area (Å²) in [5.41, 5.74) is -0.0544. The normalized spacial score (nSPS) is 10.5. The Morgan fingerprint density at radius 2 is 2.27 bits per heavy atom. The van der Waals surface area contributed by atoms with Gasteiger partial charge in [-0.15, -0.1) is 10.2 Å². The van der Waals surface area contributed by atoms with Crippen LogP contribution in [0.1, 0.15) is 5.82 Å². The van der Waals surface area contributed by atoms with Crippen LogP contribution in [-0.4, -0.2) is 19.3 Å². The summed E-state index contributed by atoms with van der Waals surface area (Å²) in [4.78, 5) is 11.5. The number of aromatic nitrogens is 4. The Balaban J connectivity index is 2.36. The van der Waals surface area contributed by atoms with Gasteiger partial charge >= 0.3 is 0 Å². The van der Waals surface area contributed by atoms with Crippen molar-refractivity contribution in [1.29, 1.82) is 0 Å². The zero-order valence-electron chi connectivity index (χ0n) is 8.09. The van der Waals surface area contributed by atoms with Gasteiger partial charge < -0.3 is 9.13 Å². The molecule has 5 nitrogen and oxygen atoms in total. The van der Waals surface area contributed by atoms with Crippen molar-refractivity contribution in [2.24, 2.45) is 7.05 Å². The summed E-state index contributed by atoms with van der Waals surface area (Å²) in [6, 6.07) is 3.23. The predicted octanol–water partition coefficient (Wildman–Crippen LogP) is 0.788. The van der Waals surface area contributed by atoms with Crippen molar-refractivity contribution in [2.75, 3.05) is 0 Å². The van der Waals surface area contributed by atoms with Gasteiger partial charge in [0, 0.05) is 23.8 Å². The van der Waals surface area contributed by atoms with E-state index in [1.807, 2.05) is 7.05 Å². The molecule has 0 fully saturated rings. The highest BCUT2D eigenvalue weighted by atomic mass is 79.9. The van der Waals surface area contributed by atoms with E-state index >= 15 is 0 Å². The third kappa shape index (κ3) is 2.15. The molecule has 0 saturated carbocycles.